The summed E-state index contributed by atoms with van der Waals surface area (Å²) in [5, 5.41) is 4.40. The van der Waals surface area contributed by atoms with Gasteiger partial charge in [0, 0.05) is 33.3 Å². The zero-order valence-electron chi connectivity index (χ0n) is 28.9. The second-order valence-corrected chi connectivity index (χ2v) is 15.4. The monoisotopic (exact) mass is 726 g/mol. The van der Waals surface area contributed by atoms with E-state index in [0.29, 0.717) is 0 Å². The van der Waals surface area contributed by atoms with Gasteiger partial charge in [-0.1, -0.05) is 121 Å². The average molecular weight is 727 g/mol. The van der Waals surface area contributed by atoms with E-state index in [1.54, 1.807) is 22.7 Å². The number of fused-ring (bicyclic) bond motifs is 4. The van der Waals surface area contributed by atoms with Crippen LogP contribution in [0.3, 0.4) is 0 Å². The van der Waals surface area contributed by atoms with Crippen LogP contribution in [0, 0.1) is 0 Å². The molecule has 4 nitrogen and oxygen atoms in total. The van der Waals surface area contributed by atoms with E-state index in [2.05, 4.69) is 191 Å². The van der Waals surface area contributed by atoms with Gasteiger partial charge in [-0.15, -0.1) is 22.7 Å². The maximum absolute atomic E-state index is 5.22. The number of nitrogens with zero attached hydrogens (tertiary/aromatic N) is 4. The highest BCUT2D eigenvalue weighted by molar-refractivity contribution is 7.22. The molecule has 0 spiro atoms. The van der Waals surface area contributed by atoms with E-state index in [-0.39, 0.29) is 0 Å². The Balaban J connectivity index is 1.18. The number of rotatable bonds is 6. The lowest BCUT2D eigenvalue weighted by Crippen LogP contribution is -1.99. The first-order chi connectivity index (χ1) is 26.8. The van der Waals surface area contributed by atoms with Crippen LogP contribution in [0.4, 0.5) is 0 Å². The van der Waals surface area contributed by atoms with Gasteiger partial charge in [0.25, 0.3) is 0 Å². The Hall–Kier alpha value is -6.60. The molecule has 0 aliphatic carbocycles. The van der Waals surface area contributed by atoms with E-state index in [4.69, 9.17) is 9.97 Å². The highest BCUT2D eigenvalue weighted by Crippen LogP contribution is 2.48. The van der Waals surface area contributed by atoms with E-state index in [1.165, 1.54) is 20.2 Å². The molecule has 4 aromatic heterocycles. The number of hydrogen-bond donors (Lipinski definition) is 0. The zero-order chi connectivity index (χ0) is 35.6. The highest BCUT2D eigenvalue weighted by atomic mass is 32.1. The second-order valence-electron chi connectivity index (χ2n) is 13.4. The molecule has 254 valence electrons. The van der Waals surface area contributed by atoms with Crippen LogP contribution in [0.15, 0.2) is 182 Å². The van der Waals surface area contributed by atoms with Gasteiger partial charge < -0.3 is 9.13 Å². The van der Waals surface area contributed by atoms with Gasteiger partial charge in [0.2, 0.25) is 0 Å². The van der Waals surface area contributed by atoms with Gasteiger partial charge in [-0.25, -0.2) is 9.97 Å². The predicted molar refractivity (Wildman–Crippen MR) is 228 cm³/mol. The Bertz CT molecular complexity index is 2870. The van der Waals surface area contributed by atoms with Gasteiger partial charge in [0.15, 0.2) is 0 Å². The van der Waals surface area contributed by atoms with E-state index in [0.717, 1.165) is 77.1 Å². The summed E-state index contributed by atoms with van der Waals surface area (Å²) in [5.41, 5.74) is 13.4. The fourth-order valence-electron chi connectivity index (χ4n) is 7.89. The Kier molecular flexibility index (Phi) is 7.18. The fourth-order valence-corrected chi connectivity index (χ4v) is 9.95. The van der Waals surface area contributed by atoms with Crippen molar-refractivity contribution in [1.82, 2.24) is 19.1 Å². The lowest BCUT2D eigenvalue weighted by Gasteiger charge is -2.15. The molecule has 0 amide bonds. The fraction of sp³-hybridized carbons (Fsp3) is 0. The topological polar surface area (TPSA) is 35.6 Å². The Morgan fingerprint density at radius 3 is 1.15 bits per heavy atom. The summed E-state index contributed by atoms with van der Waals surface area (Å²) in [6, 6.07) is 64.8. The van der Waals surface area contributed by atoms with Crippen LogP contribution in [-0.4, -0.2) is 19.1 Å². The number of hydrogen-bond acceptors (Lipinski definition) is 4. The second kappa shape index (κ2) is 12.5. The standard InChI is InChI=1S/C48H30N4S2/c1-3-15-33(16-4-1)51-39-23-11-7-19-35(39)43(47-49-37-21-9-13-25-41(37)53-47)45(51)31-27-29-32(30-28-31)46-44(48-50-38-22-10-14-26-42(38)54-48)36-20-8-12-24-40(36)52(46)34-17-5-2-6-18-34/h1-30H. The molecule has 0 atom stereocenters. The lowest BCUT2D eigenvalue weighted by atomic mass is 10.0. The smallest absolute Gasteiger partial charge is 0.127 e. The SMILES string of the molecule is c1ccc(-n2c(-c3ccc(-c4c(-c5nc6ccccc6s5)c5ccccc5n4-c4ccccc4)cc3)c(-c3nc4ccccc4s3)c3ccccc32)cc1. The molecule has 0 saturated heterocycles. The summed E-state index contributed by atoms with van der Waals surface area (Å²) in [7, 11) is 0. The summed E-state index contributed by atoms with van der Waals surface area (Å²) in [5.74, 6) is 0. The van der Waals surface area contributed by atoms with Gasteiger partial charge in [0.05, 0.1) is 42.9 Å². The van der Waals surface area contributed by atoms with Crippen molar-refractivity contribution in [3.05, 3.63) is 182 Å². The van der Waals surface area contributed by atoms with Gasteiger partial charge >= 0.3 is 0 Å². The minimum absolute atomic E-state index is 1.02. The Morgan fingerprint density at radius 1 is 0.352 bits per heavy atom. The zero-order valence-corrected chi connectivity index (χ0v) is 30.6. The molecule has 7 aromatic carbocycles. The summed E-state index contributed by atoms with van der Waals surface area (Å²) in [6.45, 7) is 0. The first-order valence-electron chi connectivity index (χ1n) is 18.0. The van der Waals surface area contributed by atoms with Gasteiger partial charge in [-0.05, 0) is 71.8 Å². The number of benzene rings is 7. The number of para-hydroxylation sites is 6. The van der Waals surface area contributed by atoms with Crippen molar-refractivity contribution in [3.8, 4) is 55.0 Å². The lowest BCUT2D eigenvalue weighted by molar-refractivity contribution is 1.13. The molecular weight excluding hydrogens is 697 g/mol. The minimum Gasteiger partial charge on any atom is -0.309 e. The minimum atomic E-state index is 1.02. The molecule has 0 radical (unpaired) electrons. The van der Waals surface area contributed by atoms with Crippen LogP contribution in [0.25, 0.3) is 97.3 Å². The van der Waals surface area contributed by atoms with Crippen LogP contribution in [0.2, 0.25) is 0 Å². The maximum Gasteiger partial charge on any atom is 0.127 e. The van der Waals surface area contributed by atoms with Crippen LogP contribution >= 0.6 is 22.7 Å². The van der Waals surface area contributed by atoms with Crippen LogP contribution in [0.1, 0.15) is 0 Å². The van der Waals surface area contributed by atoms with Crippen molar-refractivity contribution < 1.29 is 0 Å². The third-order valence-corrected chi connectivity index (χ3v) is 12.3. The average Bonchev–Trinajstić information content (AvgIpc) is 4.01. The van der Waals surface area contributed by atoms with E-state index < -0.39 is 0 Å². The van der Waals surface area contributed by atoms with Crippen molar-refractivity contribution >= 4 is 64.9 Å². The quantitative estimate of drug-likeness (QED) is 0.171. The van der Waals surface area contributed by atoms with Gasteiger partial charge in [-0.3, -0.25) is 0 Å². The molecule has 11 rings (SSSR count). The molecular formula is C48H30N4S2. The van der Waals surface area contributed by atoms with Crippen molar-refractivity contribution in [3.63, 3.8) is 0 Å². The molecule has 0 aliphatic rings. The Morgan fingerprint density at radius 2 is 0.722 bits per heavy atom. The third kappa shape index (κ3) is 4.88. The number of aromatic nitrogens is 4. The molecule has 11 aromatic rings. The normalized spacial score (nSPS) is 11.7. The summed E-state index contributed by atoms with van der Waals surface area (Å²) >= 11 is 3.50. The van der Waals surface area contributed by atoms with Gasteiger partial charge in [0.1, 0.15) is 10.0 Å². The van der Waals surface area contributed by atoms with Crippen molar-refractivity contribution in [2.45, 2.75) is 0 Å². The summed E-state index contributed by atoms with van der Waals surface area (Å²) < 4.78 is 7.17. The maximum atomic E-state index is 5.22. The predicted octanol–water partition coefficient (Wildman–Crippen LogP) is 13.5. The number of thiazole rings is 2. The van der Waals surface area contributed by atoms with Crippen LogP contribution in [-0.2, 0) is 0 Å². The van der Waals surface area contributed by atoms with Crippen LogP contribution < -0.4 is 0 Å². The molecule has 6 heteroatoms. The Labute approximate surface area is 319 Å². The van der Waals surface area contributed by atoms with Crippen LogP contribution in [0.5, 0.6) is 0 Å². The first kappa shape index (κ1) is 31.0. The van der Waals surface area contributed by atoms with E-state index in [1.807, 2.05) is 0 Å². The van der Waals surface area contributed by atoms with E-state index >= 15 is 0 Å². The van der Waals surface area contributed by atoms with Gasteiger partial charge in [-0.2, -0.15) is 0 Å². The molecule has 54 heavy (non-hydrogen) atoms. The molecule has 4 heterocycles. The molecule has 0 bridgehead atoms. The highest BCUT2D eigenvalue weighted by Gasteiger charge is 2.26. The van der Waals surface area contributed by atoms with Crippen molar-refractivity contribution in [2.24, 2.45) is 0 Å². The largest absolute Gasteiger partial charge is 0.309 e. The van der Waals surface area contributed by atoms with Crippen molar-refractivity contribution in [2.75, 3.05) is 0 Å². The third-order valence-electron chi connectivity index (χ3n) is 10.2. The molecule has 0 unspecified atom stereocenters. The molecule has 0 N–H and O–H groups in total. The first-order valence-corrected chi connectivity index (χ1v) is 19.6. The molecule has 0 fully saturated rings. The summed E-state index contributed by atoms with van der Waals surface area (Å²) in [6.07, 6.45) is 0. The van der Waals surface area contributed by atoms with Crippen molar-refractivity contribution in [1.29, 1.82) is 0 Å². The van der Waals surface area contributed by atoms with E-state index in [9.17, 15) is 0 Å². The molecule has 0 saturated carbocycles. The summed E-state index contributed by atoms with van der Waals surface area (Å²) in [4.78, 5) is 10.4. The molecule has 0 aliphatic heterocycles.